The second-order valence-corrected chi connectivity index (χ2v) is 2.31. The first-order valence-corrected chi connectivity index (χ1v) is 3.21. The number of hydrogen-bond acceptors (Lipinski definition) is 5. The van der Waals surface area contributed by atoms with Crippen molar-refractivity contribution < 1.29 is 25.2 Å². The minimum absolute atomic E-state index is 0.447. The Morgan fingerprint density at radius 3 is 2.45 bits per heavy atom. The lowest BCUT2D eigenvalue weighted by Gasteiger charge is -2.33. The van der Waals surface area contributed by atoms with Crippen LogP contribution in [0, 0.1) is 6.42 Å². The summed E-state index contributed by atoms with van der Waals surface area (Å²) in [4.78, 5) is 0. The second-order valence-electron chi connectivity index (χ2n) is 2.31. The van der Waals surface area contributed by atoms with Crippen molar-refractivity contribution in [1.29, 1.82) is 0 Å². The minimum atomic E-state index is -1.34. The zero-order valence-electron chi connectivity index (χ0n) is 5.71. The van der Waals surface area contributed by atoms with Crippen molar-refractivity contribution in [2.75, 3.05) is 6.61 Å². The van der Waals surface area contributed by atoms with Gasteiger partial charge in [-0.2, -0.15) is 0 Å². The fourth-order valence-electron chi connectivity index (χ4n) is 0.884. The molecule has 2 radical (unpaired) electrons. The molecule has 4 N–H and O–H groups in total. The van der Waals surface area contributed by atoms with Crippen molar-refractivity contribution in [3.8, 4) is 0 Å². The van der Waals surface area contributed by atoms with E-state index in [0.29, 0.717) is 0 Å². The summed E-state index contributed by atoms with van der Waals surface area (Å²) in [6.45, 7) is -0.447. The molecular formula is C6H10O5. The summed E-state index contributed by atoms with van der Waals surface area (Å²) in [7, 11) is 0. The van der Waals surface area contributed by atoms with Gasteiger partial charge in [0.15, 0.2) is 6.29 Å². The molecular weight excluding hydrogens is 152 g/mol. The highest BCUT2D eigenvalue weighted by atomic mass is 16.6. The molecule has 0 aliphatic carbocycles. The van der Waals surface area contributed by atoms with E-state index in [2.05, 4.69) is 11.2 Å². The molecule has 1 fully saturated rings. The summed E-state index contributed by atoms with van der Waals surface area (Å²) in [5.74, 6) is 0. The van der Waals surface area contributed by atoms with Gasteiger partial charge < -0.3 is 25.2 Å². The van der Waals surface area contributed by atoms with Crippen molar-refractivity contribution in [2.24, 2.45) is 0 Å². The van der Waals surface area contributed by atoms with Gasteiger partial charge >= 0.3 is 0 Å². The zero-order valence-corrected chi connectivity index (χ0v) is 5.71. The van der Waals surface area contributed by atoms with Crippen LogP contribution in [0.15, 0.2) is 0 Å². The Morgan fingerprint density at radius 2 is 1.91 bits per heavy atom. The molecule has 0 aromatic heterocycles. The van der Waals surface area contributed by atoms with Crippen LogP contribution in [0.1, 0.15) is 0 Å². The van der Waals surface area contributed by atoms with E-state index in [-0.39, 0.29) is 0 Å². The van der Waals surface area contributed by atoms with E-state index in [4.69, 9.17) is 20.4 Å². The van der Waals surface area contributed by atoms with Crippen LogP contribution in [0.3, 0.4) is 0 Å². The maximum atomic E-state index is 9.05. The molecule has 1 aliphatic rings. The molecule has 64 valence electrons. The van der Waals surface area contributed by atoms with E-state index in [0.717, 1.165) is 0 Å². The van der Waals surface area contributed by atoms with Crippen molar-refractivity contribution in [1.82, 2.24) is 0 Å². The highest BCUT2D eigenvalue weighted by molar-refractivity contribution is 4.93. The van der Waals surface area contributed by atoms with Crippen molar-refractivity contribution >= 4 is 0 Å². The lowest BCUT2D eigenvalue weighted by molar-refractivity contribution is -0.210. The van der Waals surface area contributed by atoms with E-state index in [1.54, 1.807) is 0 Å². The Bertz CT molecular complexity index is 128. The molecule has 4 unspecified atom stereocenters. The molecule has 0 aromatic rings. The molecule has 0 bridgehead atoms. The first-order valence-electron chi connectivity index (χ1n) is 3.21. The van der Waals surface area contributed by atoms with Crippen molar-refractivity contribution in [3.63, 3.8) is 0 Å². The maximum Gasteiger partial charge on any atom is 0.165 e. The molecule has 4 atom stereocenters. The molecule has 1 saturated heterocycles. The Labute approximate surface area is 63.8 Å². The predicted octanol–water partition coefficient (Wildman–Crippen LogP) is -2.50. The first-order chi connectivity index (χ1) is 5.15. The molecule has 5 heteroatoms. The van der Waals surface area contributed by atoms with E-state index >= 15 is 0 Å². The van der Waals surface area contributed by atoms with E-state index < -0.39 is 31.2 Å². The second kappa shape index (κ2) is 3.46. The van der Waals surface area contributed by atoms with Gasteiger partial charge in [-0.05, 0) is 0 Å². The maximum absolute atomic E-state index is 9.05. The Kier molecular flexibility index (Phi) is 2.80. The summed E-state index contributed by atoms with van der Waals surface area (Å²) in [6, 6.07) is 0. The number of rotatable bonds is 1. The normalized spacial score (nSPS) is 45.8. The number of aliphatic hydroxyl groups excluding tert-OH is 4. The largest absolute Gasteiger partial charge is 0.394 e. The van der Waals surface area contributed by atoms with Crippen LogP contribution in [0.25, 0.3) is 0 Å². The summed E-state index contributed by atoms with van der Waals surface area (Å²) >= 11 is 0. The average Bonchev–Trinajstić information content (AvgIpc) is 1.96. The van der Waals surface area contributed by atoms with Gasteiger partial charge in [0.25, 0.3) is 0 Å². The highest BCUT2D eigenvalue weighted by Gasteiger charge is 2.35. The smallest absolute Gasteiger partial charge is 0.165 e. The third-order valence-corrected chi connectivity index (χ3v) is 1.50. The number of ether oxygens (including phenoxy) is 1. The summed E-state index contributed by atoms with van der Waals surface area (Å²) < 4.78 is 4.60. The Balaban J connectivity index is 2.51. The summed E-state index contributed by atoms with van der Waals surface area (Å²) in [5.41, 5.74) is 0. The fourth-order valence-corrected chi connectivity index (χ4v) is 0.884. The van der Waals surface area contributed by atoms with E-state index in [9.17, 15) is 0 Å². The van der Waals surface area contributed by atoms with Gasteiger partial charge in [0.1, 0.15) is 12.2 Å². The van der Waals surface area contributed by atoms with Crippen LogP contribution in [0.4, 0.5) is 0 Å². The van der Waals surface area contributed by atoms with Gasteiger partial charge in [-0.15, -0.1) is 0 Å². The standard InChI is InChI=1S/C6H10O5/c7-2-4-6(10)3(8)1-5(9)11-4/h3-10H,2H2. The number of hydrogen-bond donors (Lipinski definition) is 4. The lowest BCUT2D eigenvalue weighted by atomic mass is 10.0. The molecule has 11 heavy (non-hydrogen) atoms. The van der Waals surface area contributed by atoms with Crippen LogP contribution in [0.2, 0.25) is 0 Å². The van der Waals surface area contributed by atoms with Crippen molar-refractivity contribution in [2.45, 2.75) is 24.6 Å². The lowest BCUT2D eigenvalue weighted by Crippen LogP contribution is -2.50. The molecule has 1 heterocycles. The van der Waals surface area contributed by atoms with Gasteiger partial charge in [-0.25, -0.2) is 0 Å². The topological polar surface area (TPSA) is 90.2 Å². The average molecular weight is 162 g/mol. The molecule has 0 spiro atoms. The molecule has 1 aliphatic heterocycles. The quantitative estimate of drug-likeness (QED) is 0.342. The molecule has 5 nitrogen and oxygen atoms in total. The third-order valence-electron chi connectivity index (χ3n) is 1.50. The first kappa shape index (κ1) is 8.89. The number of aliphatic hydroxyl groups is 4. The van der Waals surface area contributed by atoms with Gasteiger partial charge in [0.05, 0.1) is 19.1 Å². The Hall–Kier alpha value is -0.200. The van der Waals surface area contributed by atoms with Crippen LogP contribution < -0.4 is 0 Å². The molecule has 0 amide bonds. The monoisotopic (exact) mass is 162 g/mol. The molecule has 0 saturated carbocycles. The van der Waals surface area contributed by atoms with Crippen LogP contribution >= 0.6 is 0 Å². The highest BCUT2D eigenvalue weighted by Crippen LogP contribution is 2.17. The van der Waals surface area contributed by atoms with E-state index in [1.807, 2.05) is 0 Å². The minimum Gasteiger partial charge on any atom is -0.394 e. The van der Waals surface area contributed by atoms with Gasteiger partial charge in [0, 0.05) is 0 Å². The van der Waals surface area contributed by atoms with Gasteiger partial charge in [-0.3, -0.25) is 0 Å². The molecule has 0 aromatic carbocycles. The Morgan fingerprint density at radius 1 is 1.27 bits per heavy atom. The molecule has 1 rings (SSSR count). The van der Waals surface area contributed by atoms with Crippen LogP contribution in [0.5, 0.6) is 0 Å². The van der Waals surface area contributed by atoms with E-state index in [1.165, 1.54) is 0 Å². The van der Waals surface area contributed by atoms with Crippen LogP contribution in [-0.4, -0.2) is 51.6 Å². The van der Waals surface area contributed by atoms with Crippen molar-refractivity contribution in [3.05, 3.63) is 6.42 Å². The van der Waals surface area contributed by atoms with Crippen LogP contribution in [-0.2, 0) is 4.74 Å². The summed E-state index contributed by atoms with van der Waals surface area (Å²) in [6.07, 6.45) is -2.65. The third kappa shape index (κ3) is 1.88. The SMILES string of the molecule is OCC1OC(O)[C]C(O)C1O. The summed E-state index contributed by atoms with van der Waals surface area (Å²) in [5, 5.41) is 35.3. The zero-order chi connectivity index (χ0) is 8.43. The fraction of sp³-hybridized carbons (Fsp3) is 0.833. The van der Waals surface area contributed by atoms with Gasteiger partial charge in [0.2, 0.25) is 0 Å². The van der Waals surface area contributed by atoms with Gasteiger partial charge in [-0.1, -0.05) is 0 Å². The predicted molar refractivity (Wildman–Crippen MR) is 33.2 cm³/mol.